The number of benzene rings is 4. The summed E-state index contributed by atoms with van der Waals surface area (Å²) in [6.45, 7) is 0.191. The molecule has 12 heteroatoms. The van der Waals surface area contributed by atoms with Gasteiger partial charge < -0.3 is 10.2 Å². The maximum atomic E-state index is 15.3. The third-order valence-electron chi connectivity index (χ3n) is 8.31. The molecule has 2 aliphatic rings. The summed E-state index contributed by atoms with van der Waals surface area (Å²) in [5.41, 5.74) is -1.54. The van der Waals surface area contributed by atoms with Gasteiger partial charge in [-0.1, -0.05) is 60.7 Å². The summed E-state index contributed by atoms with van der Waals surface area (Å²) in [7, 11) is 1.36. The Morgan fingerprint density at radius 1 is 0.935 bits per heavy atom. The van der Waals surface area contributed by atoms with Crippen molar-refractivity contribution in [2.45, 2.75) is 17.8 Å². The molecule has 2 heterocycles. The number of halogens is 4. The SMILES string of the molecule is CNC(=O)c1ccc(N2C(=S)N(c3ccc(C#N)c(C(F)(F)F)c3)C(=O)C23CN(C(c2ccccc2)c2ccccc2)C3)cc1F. The summed E-state index contributed by atoms with van der Waals surface area (Å²) >= 11 is 5.76. The lowest BCUT2D eigenvalue weighted by Gasteiger charge is -2.53. The second kappa shape index (κ2) is 11.7. The summed E-state index contributed by atoms with van der Waals surface area (Å²) in [4.78, 5) is 31.1. The molecule has 0 saturated carbocycles. The maximum Gasteiger partial charge on any atom is 0.417 e. The number of nitrogens with one attached hydrogen (secondary N) is 1. The van der Waals surface area contributed by atoms with Crippen LogP contribution in [-0.2, 0) is 11.0 Å². The van der Waals surface area contributed by atoms with Crippen LogP contribution in [0, 0.1) is 17.1 Å². The lowest BCUT2D eigenvalue weighted by atomic mass is 9.83. The number of thiocarbonyl (C=S) groups is 1. The minimum Gasteiger partial charge on any atom is -0.355 e. The van der Waals surface area contributed by atoms with Crippen LogP contribution < -0.4 is 15.1 Å². The van der Waals surface area contributed by atoms with Crippen LogP contribution in [0.25, 0.3) is 0 Å². The van der Waals surface area contributed by atoms with Crippen LogP contribution in [0.2, 0.25) is 0 Å². The van der Waals surface area contributed by atoms with E-state index in [0.29, 0.717) is 0 Å². The van der Waals surface area contributed by atoms with Gasteiger partial charge in [-0.2, -0.15) is 18.4 Å². The first kappa shape index (κ1) is 30.9. The van der Waals surface area contributed by atoms with Gasteiger partial charge in [-0.25, -0.2) is 4.39 Å². The highest BCUT2D eigenvalue weighted by Crippen LogP contribution is 2.47. The van der Waals surface area contributed by atoms with E-state index in [9.17, 15) is 28.0 Å². The van der Waals surface area contributed by atoms with Gasteiger partial charge in [0.25, 0.3) is 11.8 Å². The minimum absolute atomic E-state index is 0.0954. The number of hydrogen-bond acceptors (Lipinski definition) is 5. The molecule has 2 aliphatic heterocycles. The quantitative estimate of drug-likeness (QED) is 0.204. The molecule has 0 radical (unpaired) electrons. The number of carbonyl (C=O) groups is 2. The van der Waals surface area contributed by atoms with E-state index < -0.39 is 40.5 Å². The van der Waals surface area contributed by atoms with Crippen molar-refractivity contribution in [3.8, 4) is 6.07 Å². The smallest absolute Gasteiger partial charge is 0.355 e. The van der Waals surface area contributed by atoms with Gasteiger partial charge in [0.1, 0.15) is 5.82 Å². The third kappa shape index (κ3) is 5.07. The summed E-state index contributed by atoms with van der Waals surface area (Å²) < 4.78 is 57.1. The highest BCUT2D eigenvalue weighted by atomic mass is 32.1. The zero-order valence-electron chi connectivity index (χ0n) is 24.3. The van der Waals surface area contributed by atoms with Crippen molar-refractivity contribution >= 4 is 40.5 Å². The Morgan fingerprint density at radius 2 is 1.52 bits per heavy atom. The lowest BCUT2D eigenvalue weighted by molar-refractivity contribution is -0.137. The van der Waals surface area contributed by atoms with Crippen LogP contribution in [0.15, 0.2) is 97.1 Å². The van der Waals surface area contributed by atoms with Gasteiger partial charge in [0, 0.05) is 25.8 Å². The van der Waals surface area contributed by atoms with Crippen LogP contribution in [0.5, 0.6) is 0 Å². The van der Waals surface area contributed by atoms with E-state index in [4.69, 9.17) is 12.2 Å². The number of nitriles is 1. The standard InChI is InChI=1S/C34H25F4N5O2S/c1-40-30(44)26-15-14-25(17-28(26)35)43-32(46)42(24-13-12-23(18-39)27(16-24)34(36,37)38)31(45)33(43)19-41(20-33)29(21-8-4-2-5-9-21)22-10-6-3-7-11-22/h2-17,29H,19-20H2,1H3,(H,40,44). The van der Waals surface area contributed by atoms with Gasteiger partial charge in [0.2, 0.25) is 0 Å². The normalized spacial score (nSPS) is 16.1. The fourth-order valence-electron chi connectivity index (χ4n) is 6.19. The van der Waals surface area contributed by atoms with Gasteiger partial charge in [0.15, 0.2) is 10.7 Å². The summed E-state index contributed by atoms with van der Waals surface area (Å²) in [6.07, 6.45) is -4.87. The third-order valence-corrected chi connectivity index (χ3v) is 8.67. The zero-order chi connectivity index (χ0) is 32.8. The van der Waals surface area contributed by atoms with E-state index >= 15 is 4.39 Å². The second-order valence-corrected chi connectivity index (χ2v) is 11.4. The van der Waals surface area contributed by atoms with E-state index in [1.54, 1.807) is 6.07 Å². The molecular weight excluding hydrogens is 618 g/mol. The molecule has 0 atom stereocenters. The van der Waals surface area contributed by atoms with Crippen LogP contribution in [0.4, 0.5) is 28.9 Å². The highest BCUT2D eigenvalue weighted by molar-refractivity contribution is 7.81. The van der Waals surface area contributed by atoms with Crippen LogP contribution in [0.1, 0.15) is 38.7 Å². The molecule has 1 spiro atoms. The first-order valence-electron chi connectivity index (χ1n) is 14.2. The molecular formula is C34H25F4N5O2S. The fourth-order valence-corrected chi connectivity index (χ4v) is 6.66. The summed E-state index contributed by atoms with van der Waals surface area (Å²) in [5, 5.41) is 11.5. The minimum atomic E-state index is -4.87. The van der Waals surface area contributed by atoms with Crippen molar-refractivity contribution < 1.29 is 27.2 Å². The van der Waals surface area contributed by atoms with Crippen LogP contribution in [-0.4, -0.2) is 47.5 Å². The van der Waals surface area contributed by atoms with E-state index in [1.807, 2.05) is 60.7 Å². The topological polar surface area (TPSA) is 79.7 Å². The van der Waals surface area contributed by atoms with E-state index in [0.717, 1.165) is 34.2 Å². The molecule has 2 saturated heterocycles. The molecule has 46 heavy (non-hydrogen) atoms. The van der Waals surface area contributed by atoms with Crippen molar-refractivity contribution in [2.24, 2.45) is 0 Å². The summed E-state index contributed by atoms with van der Waals surface area (Å²) in [6, 6.07) is 27.3. The van der Waals surface area contributed by atoms with Crippen molar-refractivity contribution in [1.82, 2.24) is 10.2 Å². The molecule has 2 amide bonds. The van der Waals surface area contributed by atoms with Crippen molar-refractivity contribution in [2.75, 3.05) is 29.9 Å². The predicted molar refractivity (Wildman–Crippen MR) is 168 cm³/mol. The van der Waals surface area contributed by atoms with Crippen LogP contribution >= 0.6 is 12.2 Å². The monoisotopic (exact) mass is 643 g/mol. The number of rotatable bonds is 6. The number of anilines is 2. The van der Waals surface area contributed by atoms with Crippen LogP contribution in [0.3, 0.4) is 0 Å². The number of hydrogen-bond donors (Lipinski definition) is 1. The average molecular weight is 644 g/mol. The van der Waals surface area contributed by atoms with Gasteiger partial charge in [-0.05, 0) is 59.7 Å². The average Bonchev–Trinajstić information content (AvgIpc) is 3.27. The number of amides is 2. The summed E-state index contributed by atoms with van der Waals surface area (Å²) in [5.74, 6) is -2.11. The predicted octanol–water partition coefficient (Wildman–Crippen LogP) is 6.06. The molecule has 1 N–H and O–H groups in total. The Labute approximate surface area is 267 Å². The van der Waals surface area contributed by atoms with Gasteiger partial charge >= 0.3 is 6.18 Å². The largest absolute Gasteiger partial charge is 0.417 e. The number of alkyl halides is 3. The first-order valence-corrected chi connectivity index (χ1v) is 14.6. The fraction of sp³-hybridized carbons (Fsp3) is 0.176. The molecule has 2 fully saturated rings. The van der Waals surface area contributed by atoms with Crippen molar-refractivity contribution in [1.29, 1.82) is 5.26 Å². The van der Waals surface area contributed by atoms with Gasteiger partial charge in [-0.3, -0.25) is 19.4 Å². The number of nitrogens with zero attached hydrogens (tertiary/aromatic N) is 4. The van der Waals surface area contributed by atoms with Gasteiger partial charge in [0.05, 0.1) is 34.5 Å². The Hall–Kier alpha value is -5.12. The van der Waals surface area contributed by atoms with Gasteiger partial charge in [-0.15, -0.1) is 0 Å². The zero-order valence-corrected chi connectivity index (χ0v) is 25.1. The molecule has 0 aliphatic carbocycles. The van der Waals surface area contributed by atoms with E-state index in [1.165, 1.54) is 30.1 Å². The molecule has 4 aromatic carbocycles. The molecule has 6 rings (SSSR count). The molecule has 0 aromatic heterocycles. The maximum absolute atomic E-state index is 15.3. The van der Waals surface area contributed by atoms with E-state index in [-0.39, 0.29) is 41.2 Å². The van der Waals surface area contributed by atoms with Crippen molar-refractivity contribution in [3.63, 3.8) is 0 Å². The Morgan fingerprint density at radius 3 is 2.04 bits per heavy atom. The van der Waals surface area contributed by atoms with E-state index in [2.05, 4.69) is 10.2 Å². The Bertz CT molecular complexity index is 1850. The number of likely N-dealkylation sites (tertiary alicyclic amines) is 1. The Balaban J connectivity index is 1.46. The second-order valence-electron chi connectivity index (χ2n) is 11.0. The molecule has 232 valence electrons. The molecule has 7 nitrogen and oxygen atoms in total. The first-order chi connectivity index (χ1) is 22.0. The molecule has 0 unspecified atom stereocenters. The Kier molecular flexibility index (Phi) is 7.83. The number of carbonyl (C=O) groups excluding carboxylic acids is 2. The lowest BCUT2D eigenvalue weighted by Crippen LogP contribution is -2.72. The molecule has 4 aromatic rings. The molecule has 0 bridgehead atoms. The van der Waals surface area contributed by atoms with Crippen molar-refractivity contribution in [3.05, 3.63) is 131 Å². The highest BCUT2D eigenvalue weighted by Gasteiger charge is 2.64.